The number of nitrogens with two attached hydrogens (primary N) is 1. The monoisotopic (exact) mass is 284 g/mol. The van der Waals surface area contributed by atoms with Crippen LogP contribution in [0.2, 0.25) is 0 Å². The van der Waals surface area contributed by atoms with Crippen LogP contribution in [0.15, 0.2) is 0 Å². The van der Waals surface area contributed by atoms with Gasteiger partial charge in [0.1, 0.15) is 0 Å². The molecule has 20 heavy (non-hydrogen) atoms. The molecule has 0 aromatic rings. The van der Waals surface area contributed by atoms with Gasteiger partial charge in [-0.2, -0.15) is 0 Å². The van der Waals surface area contributed by atoms with E-state index < -0.39 is 5.54 Å². The molecule has 0 unspecified atom stereocenters. The van der Waals surface area contributed by atoms with Gasteiger partial charge in [-0.1, -0.05) is 0 Å². The van der Waals surface area contributed by atoms with Crippen LogP contribution < -0.4 is 5.73 Å². The highest BCUT2D eigenvalue weighted by Crippen LogP contribution is 2.21. The maximum Gasteiger partial charge on any atom is 0.242 e. The van der Waals surface area contributed by atoms with E-state index in [-0.39, 0.29) is 5.91 Å². The lowest BCUT2D eigenvalue weighted by Crippen LogP contribution is -2.61. The van der Waals surface area contributed by atoms with E-state index >= 15 is 0 Å². The lowest BCUT2D eigenvalue weighted by Gasteiger charge is -2.41. The first-order valence-corrected chi connectivity index (χ1v) is 7.54. The quantitative estimate of drug-likeness (QED) is 0.732. The van der Waals surface area contributed by atoms with Crippen molar-refractivity contribution in [2.45, 2.75) is 18.4 Å². The zero-order valence-electron chi connectivity index (χ0n) is 12.8. The average Bonchev–Trinajstić information content (AvgIpc) is 2.45. The third-order valence-electron chi connectivity index (χ3n) is 4.33. The number of carbonyl (C=O) groups is 1. The summed E-state index contributed by atoms with van der Waals surface area (Å²) in [7, 11) is 4.17. The Kier molecular flexibility index (Phi) is 5.37. The van der Waals surface area contributed by atoms with Gasteiger partial charge in [-0.25, -0.2) is 0 Å². The van der Waals surface area contributed by atoms with Crippen LogP contribution in [0.1, 0.15) is 12.8 Å². The van der Waals surface area contributed by atoms with Crippen molar-refractivity contribution in [1.29, 1.82) is 0 Å². The van der Waals surface area contributed by atoms with Crippen LogP contribution in [0.5, 0.6) is 0 Å². The molecule has 6 heteroatoms. The third kappa shape index (κ3) is 3.91. The Balaban J connectivity index is 1.79. The van der Waals surface area contributed by atoms with Gasteiger partial charge < -0.3 is 20.3 Å². The Hall–Kier alpha value is -0.690. The van der Waals surface area contributed by atoms with E-state index in [0.29, 0.717) is 26.1 Å². The fourth-order valence-corrected chi connectivity index (χ4v) is 2.78. The van der Waals surface area contributed by atoms with E-state index in [0.717, 1.165) is 39.3 Å². The van der Waals surface area contributed by atoms with Gasteiger partial charge in [0.15, 0.2) is 0 Å². The predicted octanol–water partition coefficient (Wildman–Crippen LogP) is -0.800. The molecular formula is C14H28N4O2. The minimum Gasteiger partial charge on any atom is -0.381 e. The summed E-state index contributed by atoms with van der Waals surface area (Å²) in [5.41, 5.74) is 5.58. The summed E-state index contributed by atoms with van der Waals surface area (Å²) in [6, 6.07) is 0. The molecule has 0 radical (unpaired) electrons. The SMILES string of the molecule is CN(C)CCN1CCN(C(=O)C2(N)CCOCC2)CC1. The summed E-state index contributed by atoms with van der Waals surface area (Å²) in [4.78, 5) is 19.1. The van der Waals surface area contributed by atoms with Gasteiger partial charge in [0, 0.05) is 52.5 Å². The van der Waals surface area contributed by atoms with Gasteiger partial charge in [-0.15, -0.1) is 0 Å². The van der Waals surface area contributed by atoms with E-state index in [1.807, 2.05) is 4.90 Å². The fourth-order valence-electron chi connectivity index (χ4n) is 2.78. The molecule has 0 aromatic heterocycles. The molecule has 116 valence electrons. The van der Waals surface area contributed by atoms with Crippen molar-refractivity contribution in [1.82, 2.24) is 14.7 Å². The molecule has 0 aliphatic carbocycles. The second-order valence-electron chi connectivity index (χ2n) is 6.21. The summed E-state index contributed by atoms with van der Waals surface area (Å²) in [6.45, 7) is 6.83. The molecule has 2 N–H and O–H groups in total. The highest BCUT2D eigenvalue weighted by Gasteiger charge is 2.39. The molecule has 2 rings (SSSR count). The van der Waals surface area contributed by atoms with Crippen molar-refractivity contribution < 1.29 is 9.53 Å². The summed E-state index contributed by atoms with van der Waals surface area (Å²) >= 11 is 0. The minimum absolute atomic E-state index is 0.119. The van der Waals surface area contributed by atoms with Gasteiger partial charge >= 0.3 is 0 Å². The van der Waals surface area contributed by atoms with Crippen molar-refractivity contribution in [3.05, 3.63) is 0 Å². The maximum absolute atomic E-state index is 12.6. The van der Waals surface area contributed by atoms with Crippen LogP contribution in [0.4, 0.5) is 0 Å². The van der Waals surface area contributed by atoms with Crippen molar-refractivity contribution >= 4 is 5.91 Å². The Morgan fingerprint density at radius 1 is 1.20 bits per heavy atom. The highest BCUT2D eigenvalue weighted by molar-refractivity contribution is 5.86. The topological polar surface area (TPSA) is 62.0 Å². The third-order valence-corrected chi connectivity index (χ3v) is 4.33. The smallest absolute Gasteiger partial charge is 0.242 e. The Labute approximate surface area is 121 Å². The first-order chi connectivity index (χ1) is 9.51. The van der Waals surface area contributed by atoms with Crippen LogP contribution in [-0.2, 0) is 9.53 Å². The molecule has 2 fully saturated rings. The number of nitrogens with zero attached hydrogens (tertiary/aromatic N) is 3. The summed E-state index contributed by atoms with van der Waals surface area (Å²) in [5, 5.41) is 0. The molecule has 6 nitrogen and oxygen atoms in total. The zero-order chi connectivity index (χ0) is 14.6. The Morgan fingerprint density at radius 2 is 1.80 bits per heavy atom. The standard InChI is InChI=1S/C14H28N4O2/c1-16(2)5-6-17-7-9-18(10-8-17)13(19)14(15)3-11-20-12-4-14/h3-12,15H2,1-2H3. The Bertz CT molecular complexity index is 321. The van der Waals surface area contributed by atoms with Gasteiger partial charge in [0.25, 0.3) is 0 Å². The normalized spacial score (nSPS) is 24.1. The molecule has 2 aliphatic heterocycles. The van der Waals surface area contributed by atoms with Crippen LogP contribution in [0.3, 0.4) is 0 Å². The van der Waals surface area contributed by atoms with Crippen LogP contribution >= 0.6 is 0 Å². The summed E-state index contributed by atoms with van der Waals surface area (Å²) < 4.78 is 5.31. The summed E-state index contributed by atoms with van der Waals surface area (Å²) in [5.74, 6) is 0.119. The molecule has 0 aromatic carbocycles. The number of ether oxygens (including phenoxy) is 1. The maximum atomic E-state index is 12.6. The van der Waals surface area contributed by atoms with Crippen molar-refractivity contribution in [3.63, 3.8) is 0 Å². The number of carbonyl (C=O) groups excluding carboxylic acids is 1. The number of piperazine rings is 1. The van der Waals surface area contributed by atoms with Crippen LogP contribution in [0.25, 0.3) is 0 Å². The van der Waals surface area contributed by atoms with E-state index in [1.165, 1.54) is 0 Å². The van der Waals surface area contributed by atoms with Gasteiger partial charge in [0.2, 0.25) is 5.91 Å². The number of hydrogen-bond donors (Lipinski definition) is 1. The van der Waals surface area contributed by atoms with Crippen LogP contribution in [-0.4, -0.2) is 92.7 Å². The van der Waals surface area contributed by atoms with E-state index in [2.05, 4.69) is 23.9 Å². The Morgan fingerprint density at radius 3 is 2.35 bits per heavy atom. The molecule has 2 aliphatic rings. The zero-order valence-corrected chi connectivity index (χ0v) is 12.8. The van der Waals surface area contributed by atoms with Gasteiger partial charge in [-0.3, -0.25) is 9.69 Å². The van der Waals surface area contributed by atoms with E-state index in [9.17, 15) is 4.79 Å². The number of likely N-dealkylation sites (N-methyl/N-ethyl adjacent to an activating group) is 1. The molecule has 1 amide bonds. The first-order valence-electron chi connectivity index (χ1n) is 7.54. The van der Waals surface area contributed by atoms with Crippen molar-refractivity contribution in [3.8, 4) is 0 Å². The molecule has 0 saturated carbocycles. The largest absolute Gasteiger partial charge is 0.381 e. The van der Waals surface area contributed by atoms with Gasteiger partial charge in [0.05, 0.1) is 5.54 Å². The lowest BCUT2D eigenvalue weighted by molar-refractivity contribution is -0.142. The second-order valence-corrected chi connectivity index (χ2v) is 6.21. The number of hydrogen-bond acceptors (Lipinski definition) is 5. The van der Waals surface area contributed by atoms with Crippen LogP contribution in [0, 0.1) is 0 Å². The van der Waals surface area contributed by atoms with Gasteiger partial charge in [-0.05, 0) is 26.9 Å². The number of rotatable bonds is 4. The second kappa shape index (κ2) is 6.85. The predicted molar refractivity (Wildman–Crippen MR) is 78.5 cm³/mol. The lowest BCUT2D eigenvalue weighted by atomic mass is 9.89. The fraction of sp³-hybridized carbons (Fsp3) is 0.929. The molecule has 2 saturated heterocycles. The first kappa shape index (κ1) is 15.7. The highest BCUT2D eigenvalue weighted by atomic mass is 16.5. The average molecular weight is 284 g/mol. The van der Waals surface area contributed by atoms with Crippen molar-refractivity contribution in [2.75, 3.05) is 66.6 Å². The summed E-state index contributed by atoms with van der Waals surface area (Å²) in [6.07, 6.45) is 1.29. The van der Waals surface area contributed by atoms with E-state index in [1.54, 1.807) is 0 Å². The molecule has 0 bridgehead atoms. The molecule has 2 heterocycles. The molecule has 0 spiro atoms. The minimum atomic E-state index is -0.690. The number of amides is 1. The van der Waals surface area contributed by atoms with Crippen molar-refractivity contribution in [2.24, 2.45) is 5.73 Å². The molecule has 0 atom stereocenters. The van der Waals surface area contributed by atoms with E-state index in [4.69, 9.17) is 10.5 Å². The molecular weight excluding hydrogens is 256 g/mol.